The Morgan fingerprint density at radius 2 is 2.12 bits per heavy atom. The molecule has 0 radical (unpaired) electrons. The molecule has 3 heteroatoms. The smallest absolute Gasteiger partial charge is 0.226 e. The molecule has 0 spiro atoms. The normalized spacial score (nSPS) is 23.2. The van der Waals surface area contributed by atoms with Gasteiger partial charge in [-0.3, -0.25) is 4.79 Å². The third-order valence-corrected chi connectivity index (χ3v) is 3.77. The van der Waals surface area contributed by atoms with Crippen LogP contribution in [-0.4, -0.2) is 36.5 Å². The van der Waals surface area contributed by atoms with Crippen LogP contribution in [0.4, 0.5) is 0 Å². The van der Waals surface area contributed by atoms with Gasteiger partial charge < -0.3 is 10.2 Å². The molecule has 0 aliphatic carbocycles. The number of amides is 1. The molecule has 0 saturated carbocycles. The summed E-state index contributed by atoms with van der Waals surface area (Å²) in [5.41, 5.74) is 0.0521. The molecule has 1 amide bonds. The van der Waals surface area contributed by atoms with Gasteiger partial charge in [-0.1, -0.05) is 27.7 Å². The van der Waals surface area contributed by atoms with E-state index >= 15 is 0 Å². The van der Waals surface area contributed by atoms with E-state index in [9.17, 15) is 4.79 Å². The zero-order valence-electron chi connectivity index (χ0n) is 11.3. The number of rotatable bonds is 3. The van der Waals surface area contributed by atoms with Crippen molar-refractivity contribution in [2.45, 2.75) is 47.1 Å². The van der Waals surface area contributed by atoms with Crippen molar-refractivity contribution in [1.29, 1.82) is 0 Å². The molecule has 0 aromatic carbocycles. The van der Waals surface area contributed by atoms with Crippen LogP contribution in [0.2, 0.25) is 0 Å². The molecule has 16 heavy (non-hydrogen) atoms. The first-order chi connectivity index (χ1) is 7.38. The van der Waals surface area contributed by atoms with Crippen LogP contribution in [0.3, 0.4) is 0 Å². The lowest BCUT2D eigenvalue weighted by molar-refractivity contribution is -0.140. The van der Waals surface area contributed by atoms with Crippen molar-refractivity contribution in [1.82, 2.24) is 10.2 Å². The van der Waals surface area contributed by atoms with E-state index in [-0.39, 0.29) is 11.3 Å². The fourth-order valence-corrected chi connectivity index (χ4v) is 2.12. The Kier molecular flexibility index (Phi) is 4.36. The Morgan fingerprint density at radius 1 is 1.50 bits per heavy atom. The van der Waals surface area contributed by atoms with Gasteiger partial charge in [-0.05, 0) is 25.3 Å². The number of hydrogen-bond acceptors (Lipinski definition) is 2. The highest BCUT2D eigenvalue weighted by Gasteiger charge is 2.33. The van der Waals surface area contributed by atoms with Crippen LogP contribution in [0.25, 0.3) is 0 Å². The summed E-state index contributed by atoms with van der Waals surface area (Å²) < 4.78 is 0. The second-order valence-corrected chi connectivity index (χ2v) is 5.86. The van der Waals surface area contributed by atoms with E-state index in [2.05, 4.69) is 37.9 Å². The van der Waals surface area contributed by atoms with Gasteiger partial charge in [0.05, 0.1) is 0 Å². The highest BCUT2D eigenvalue weighted by molar-refractivity contribution is 5.79. The Morgan fingerprint density at radius 3 is 2.50 bits per heavy atom. The Hall–Kier alpha value is -0.570. The fraction of sp³-hybridized carbons (Fsp3) is 0.923. The molecule has 1 aliphatic rings. The van der Waals surface area contributed by atoms with Crippen LogP contribution < -0.4 is 5.32 Å². The molecule has 1 saturated heterocycles. The average molecular weight is 226 g/mol. The minimum absolute atomic E-state index is 0.0521. The number of nitrogens with one attached hydrogen (secondary N) is 1. The highest BCUT2D eigenvalue weighted by atomic mass is 16.2. The SMILES string of the molecule is CCN(C(=O)C(C)C(C)(C)C)C1CCNC1. The molecular formula is C13H26N2O. The van der Waals surface area contributed by atoms with Crippen LogP contribution in [0.15, 0.2) is 0 Å². The summed E-state index contributed by atoms with van der Waals surface area (Å²) in [5, 5.41) is 3.33. The summed E-state index contributed by atoms with van der Waals surface area (Å²) >= 11 is 0. The number of nitrogens with zero attached hydrogens (tertiary/aromatic N) is 1. The van der Waals surface area contributed by atoms with E-state index < -0.39 is 0 Å². The molecule has 0 aromatic rings. The molecule has 1 N–H and O–H groups in total. The number of carbonyl (C=O) groups excluding carboxylic acids is 1. The third kappa shape index (κ3) is 2.97. The van der Waals surface area contributed by atoms with Crippen LogP contribution >= 0.6 is 0 Å². The van der Waals surface area contributed by atoms with Crippen LogP contribution in [0, 0.1) is 11.3 Å². The van der Waals surface area contributed by atoms with E-state index in [4.69, 9.17) is 0 Å². The van der Waals surface area contributed by atoms with E-state index in [1.807, 2.05) is 6.92 Å². The molecule has 1 rings (SSSR count). The lowest BCUT2D eigenvalue weighted by atomic mass is 9.81. The van der Waals surface area contributed by atoms with Gasteiger partial charge in [-0.25, -0.2) is 0 Å². The zero-order valence-corrected chi connectivity index (χ0v) is 11.3. The lowest BCUT2D eigenvalue weighted by Gasteiger charge is -2.34. The summed E-state index contributed by atoms with van der Waals surface area (Å²) in [6.45, 7) is 13.3. The minimum Gasteiger partial charge on any atom is -0.338 e. The third-order valence-electron chi connectivity index (χ3n) is 3.77. The maximum Gasteiger partial charge on any atom is 0.226 e. The summed E-state index contributed by atoms with van der Waals surface area (Å²) in [4.78, 5) is 14.5. The van der Waals surface area contributed by atoms with Gasteiger partial charge in [-0.15, -0.1) is 0 Å². The second-order valence-electron chi connectivity index (χ2n) is 5.86. The number of hydrogen-bond donors (Lipinski definition) is 1. The summed E-state index contributed by atoms with van der Waals surface area (Å²) in [5.74, 6) is 0.400. The van der Waals surface area contributed by atoms with E-state index in [1.54, 1.807) is 0 Å². The first kappa shape index (κ1) is 13.5. The molecule has 0 bridgehead atoms. The van der Waals surface area contributed by atoms with Crippen LogP contribution in [-0.2, 0) is 4.79 Å². The van der Waals surface area contributed by atoms with Crippen molar-refractivity contribution < 1.29 is 4.79 Å². The van der Waals surface area contributed by atoms with E-state index in [0.29, 0.717) is 11.9 Å². The Labute approximate surface area is 99.6 Å². The number of carbonyl (C=O) groups is 1. The van der Waals surface area contributed by atoms with E-state index in [0.717, 1.165) is 26.1 Å². The monoisotopic (exact) mass is 226 g/mol. The van der Waals surface area contributed by atoms with Gasteiger partial charge in [0.15, 0.2) is 0 Å². The topological polar surface area (TPSA) is 32.3 Å². The highest BCUT2D eigenvalue weighted by Crippen LogP contribution is 2.28. The van der Waals surface area contributed by atoms with Gasteiger partial charge in [-0.2, -0.15) is 0 Å². The van der Waals surface area contributed by atoms with Gasteiger partial charge in [0.1, 0.15) is 0 Å². The Balaban J connectivity index is 2.69. The van der Waals surface area contributed by atoms with Crippen molar-refractivity contribution in [3.8, 4) is 0 Å². The molecular weight excluding hydrogens is 200 g/mol. The first-order valence-electron chi connectivity index (χ1n) is 6.39. The predicted molar refractivity (Wildman–Crippen MR) is 67.3 cm³/mol. The fourth-order valence-electron chi connectivity index (χ4n) is 2.12. The molecule has 2 unspecified atom stereocenters. The number of likely N-dealkylation sites (N-methyl/N-ethyl adjacent to an activating group) is 1. The van der Waals surface area contributed by atoms with Crippen LogP contribution in [0.1, 0.15) is 41.0 Å². The lowest BCUT2D eigenvalue weighted by Crippen LogP contribution is -2.46. The molecule has 2 atom stereocenters. The Bertz CT molecular complexity index is 239. The van der Waals surface area contributed by atoms with Crippen molar-refractivity contribution in [3.63, 3.8) is 0 Å². The van der Waals surface area contributed by atoms with Crippen molar-refractivity contribution in [3.05, 3.63) is 0 Å². The van der Waals surface area contributed by atoms with Crippen molar-refractivity contribution in [2.75, 3.05) is 19.6 Å². The first-order valence-corrected chi connectivity index (χ1v) is 6.39. The van der Waals surface area contributed by atoms with E-state index in [1.165, 1.54) is 0 Å². The molecule has 1 fully saturated rings. The van der Waals surface area contributed by atoms with Crippen LogP contribution in [0.5, 0.6) is 0 Å². The minimum atomic E-state index is 0.0521. The largest absolute Gasteiger partial charge is 0.338 e. The zero-order chi connectivity index (χ0) is 12.3. The average Bonchev–Trinajstić information content (AvgIpc) is 2.69. The maximum atomic E-state index is 12.4. The predicted octanol–water partition coefficient (Wildman–Crippen LogP) is 1.88. The second kappa shape index (κ2) is 5.17. The maximum absolute atomic E-state index is 12.4. The summed E-state index contributed by atoms with van der Waals surface area (Å²) in [6, 6.07) is 0.405. The molecule has 3 nitrogen and oxygen atoms in total. The summed E-state index contributed by atoms with van der Waals surface area (Å²) in [7, 11) is 0. The molecule has 1 aliphatic heterocycles. The molecule has 0 aromatic heterocycles. The van der Waals surface area contributed by atoms with Gasteiger partial charge in [0.2, 0.25) is 5.91 Å². The van der Waals surface area contributed by atoms with Crippen molar-refractivity contribution in [2.24, 2.45) is 11.3 Å². The van der Waals surface area contributed by atoms with Gasteiger partial charge in [0, 0.05) is 25.0 Å². The summed E-state index contributed by atoms with van der Waals surface area (Å²) in [6.07, 6.45) is 1.09. The standard InChI is InChI=1S/C13H26N2O/c1-6-15(11-7-8-14-9-11)12(16)10(2)13(3,4)5/h10-11,14H,6-9H2,1-5H3. The molecule has 94 valence electrons. The van der Waals surface area contributed by atoms with Crippen molar-refractivity contribution >= 4 is 5.91 Å². The van der Waals surface area contributed by atoms with Gasteiger partial charge in [0.25, 0.3) is 0 Å². The molecule has 1 heterocycles. The van der Waals surface area contributed by atoms with Gasteiger partial charge >= 0.3 is 0 Å². The quantitative estimate of drug-likeness (QED) is 0.797.